The summed E-state index contributed by atoms with van der Waals surface area (Å²) in [4.78, 5) is 11.9. The molecule has 2 fully saturated rings. The molecule has 0 saturated carbocycles. The summed E-state index contributed by atoms with van der Waals surface area (Å²) in [5, 5.41) is 0. The van der Waals surface area contributed by atoms with E-state index in [9.17, 15) is 4.79 Å². The van der Waals surface area contributed by atoms with Gasteiger partial charge in [0, 0.05) is 18.1 Å². The van der Waals surface area contributed by atoms with Crippen LogP contribution in [0.4, 0.5) is 0 Å². The van der Waals surface area contributed by atoms with E-state index >= 15 is 0 Å². The topological polar surface area (TPSA) is 48.1 Å². The first-order valence-electron chi connectivity index (χ1n) is 6.50. The first-order chi connectivity index (χ1) is 8.97. The van der Waals surface area contributed by atoms with E-state index in [1.807, 2.05) is 6.08 Å². The van der Waals surface area contributed by atoms with Crippen LogP contribution in [0.25, 0.3) is 0 Å². The van der Waals surface area contributed by atoms with Crippen molar-refractivity contribution in [3.63, 3.8) is 0 Å². The second-order valence-corrected chi connectivity index (χ2v) is 5.75. The van der Waals surface area contributed by atoms with Crippen molar-refractivity contribution in [1.82, 2.24) is 0 Å². The molecule has 2 heterocycles. The Morgan fingerprint density at radius 3 is 2.89 bits per heavy atom. The number of rotatable bonds is 4. The van der Waals surface area contributed by atoms with Gasteiger partial charge in [0.15, 0.2) is 18.2 Å². The molecule has 2 aliphatic heterocycles. The van der Waals surface area contributed by atoms with Gasteiger partial charge in [-0.25, -0.2) is 0 Å². The first kappa shape index (κ1) is 12.6. The van der Waals surface area contributed by atoms with Crippen LogP contribution in [0.5, 0.6) is 0 Å². The zero-order chi connectivity index (χ0) is 13.7. The Labute approximate surface area is 112 Å². The van der Waals surface area contributed by atoms with Gasteiger partial charge in [-0.1, -0.05) is 6.08 Å². The number of ketones is 1. The first-order valence-corrected chi connectivity index (χ1v) is 6.50. The smallest absolute Gasteiger partial charge is 0.190 e. The van der Waals surface area contributed by atoms with Crippen LogP contribution in [0.15, 0.2) is 36.1 Å². The fraction of sp³-hybridized carbons (Fsp3) is 0.533. The van der Waals surface area contributed by atoms with Gasteiger partial charge in [-0.2, -0.15) is 0 Å². The Morgan fingerprint density at radius 1 is 1.53 bits per heavy atom. The quantitative estimate of drug-likeness (QED) is 0.576. The summed E-state index contributed by atoms with van der Waals surface area (Å²) in [5.41, 5.74) is -0.0348. The minimum absolute atomic E-state index is 0.0213. The summed E-state index contributed by atoms with van der Waals surface area (Å²) in [6, 6.07) is 0. The second-order valence-electron chi connectivity index (χ2n) is 5.75. The highest BCUT2D eigenvalue weighted by atomic mass is 16.7. The maximum Gasteiger partial charge on any atom is 0.190 e. The van der Waals surface area contributed by atoms with E-state index < -0.39 is 5.60 Å². The molecule has 3 aliphatic rings. The van der Waals surface area contributed by atoms with E-state index in [2.05, 4.69) is 20.4 Å². The maximum absolute atomic E-state index is 11.9. The molecule has 0 aromatic heterocycles. The predicted octanol–water partition coefficient (Wildman–Crippen LogP) is 2.27. The fourth-order valence-corrected chi connectivity index (χ4v) is 2.66. The number of ether oxygens (including phenoxy) is 3. The number of carbonyl (C=O) groups excluding carboxylic acids is 1. The zero-order valence-electron chi connectivity index (χ0n) is 11.3. The normalized spacial score (nSPS) is 35.1. The van der Waals surface area contributed by atoms with Crippen LogP contribution in [-0.2, 0) is 19.0 Å². The molecule has 2 saturated heterocycles. The van der Waals surface area contributed by atoms with Gasteiger partial charge in [0.05, 0.1) is 11.7 Å². The molecule has 0 amide bonds. The van der Waals surface area contributed by atoms with Crippen LogP contribution < -0.4 is 0 Å². The number of carbonyl (C=O) groups is 1. The van der Waals surface area contributed by atoms with Crippen molar-refractivity contribution in [2.24, 2.45) is 0 Å². The van der Waals surface area contributed by atoms with Crippen LogP contribution in [0.3, 0.4) is 0 Å². The molecule has 0 aromatic carbocycles. The number of epoxide rings is 1. The lowest BCUT2D eigenvalue weighted by Gasteiger charge is -2.27. The number of fused-ring (bicyclic) bond motifs is 1. The Kier molecular flexibility index (Phi) is 2.69. The van der Waals surface area contributed by atoms with Gasteiger partial charge in [0.2, 0.25) is 0 Å². The van der Waals surface area contributed by atoms with Crippen molar-refractivity contribution in [1.29, 1.82) is 0 Å². The molecule has 2 unspecified atom stereocenters. The van der Waals surface area contributed by atoms with Crippen LogP contribution in [-0.4, -0.2) is 29.9 Å². The molecule has 0 N–H and O–H groups in total. The minimum Gasteiger partial charge on any atom is -0.468 e. The van der Waals surface area contributed by atoms with E-state index in [0.29, 0.717) is 24.2 Å². The second kappa shape index (κ2) is 4.05. The summed E-state index contributed by atoms with van der Waals surface area (Å²) in [6.45, 7) is 7.97. The van der Waals surface area contributed by atoms with Crippen LogP contribution in [0.2, 0.25) is 0 Å². The third-order valence-electron chi connectivity index (χ3n) is 3.95. The highest BCUT2D eigenvalue weighted by Crippen LogP contribution is 2.47. The summed E-state index contributed by atoms with van der Waals surface area (Å²) < 4.78 is 16.9. The van der Waals surface area contributed by atoms with Crippen LogP contribution in [0, 0.1) is 0 Å². The lowest BCUT2D eigenvalue weighted by molar-refractivity contribution is -0.112. The molecular weight excluding hydrogens is 244 g/mol. The Balaban J connectivity index is 1.89. The van der Waals surface area contributed by atoms with Crippen molar-refractivity contribution < 1.29 is 19.0 Å². The SMILES string of the molecule is C=CCC1=CC2(CC3OC3(C)C)OCOC2=CC1=O. The zero-order valence-corrected chi connectivity index (χ0v) is 11.3. The Morgan fingerprint density at radius 2 is 2.26 bits per heavy atom. The highest BCUT2D eigenvalue weighted by molar-refractivity contribution is 6.06. The molecule has 0 radical (unpaired) electrons. The highest BCUT2D eigenvalue weighted by Gasteiger charge is 2.55. The molecule has 2 atom stereocenters. The lowest BCUT2D eigenvalue weighted by Crippen LogP contribution is -2.34. The van der Waals surface area contributed by atoms with Gasteiger partial charge < -0.3 is 14.2 Å². The van der Waals surface area contributed by atoms with Crippen molar-refractivity contribution >= 4 is 5.78 Å². The van der Waals surface area contributed by atoms with Crippen LogP contribution in [0.1, 0.15) is 26.7 Å². The standard InChI is InChI=1S/C15H18O4/c1-4-5-10-7-15(8-13-14(2,3)19-13)12(6-11(10)16)17-9-18-15/h4,6-7,13H,1,5,8-9H2,2-3H3. The average Bonchev–Trinajstić information content (AvgIpc) is 2.74. The van der Waals surface area contributed by atoms with Crippen molar-refractivity contribution in [2.45, 2.75) is 44.0 Å². The maximum atomic E-state index is 11.9. The Bertz CT molecular complexity index is 500. The van der Waals surface area contributed by atoms with Crippen molar-refractivity contribution in [3.8, 4) is 0 Å². The van der Waals surface area contributed by atoms with E-state index in [1.54, 1.807) is 12.2 Å². The van der Waals surface area contributed by atoms with E-state index in [4.69, 9.17) is 14.2 Å². The number of hydrogen-bond donors (Lipinski definition) is 0. The molecule has 0 spiro atoms. The van der Waals surface area contributed by atoms with Gasteiger partial charge in [-0.05, 0) is 26.3 Å². The molecule has 0 bridgehead atoms. The number of hydrogen-bond acceptors (Lipinski definition) is 4. The van der Waals surface area contributed by atoms with Crippen molar-refractivity contribution in [2.75, 3.05) is 6.79 Å². The summed E-state index contributed by atoms with van der Waals surface area (Å²) in [6.07, 6.45) is 6.51. The average molecular weight is 262 g/mol. The minimum atomic E-state index is -0.634. The summed E-state index contributed by atoms with van der Waals surface area (Å²) >= 11 is 0. The lowest BCUT2D eigenvalue weighted by atomic mass is 9.84. The molecule has 0 aromatic rings. The van der Waals surface area contributed by atoms with Gasteiger partial charge in [0.1, 0.15) is 5.76 Å². The van der Waals surface area contributed by atoms with Gasteiger partial charge in [-0.3, -0.25) is 4.79 Å². The molecule has 4 nitrogen and oxygen atoms in total. The van der Waals surface area contributed by atoms with Gasteiger partial charge in [0.25, 0.3) is 0 Å². The molecule has 19 heavy (non-hydrogen) atoms. The molecule has 4 heteroatoms. The third kappa shape index (κ3) is 2.05. The fourth-order valence-electron chi connectivity index (χ4n) is 2.66. The molecule has 3 rings (SSSR count). The van der Waals surface area contributed by atoms with Gasteiger partial charge in [-0.15, -0.1) is 6.58 Å². The molecule has 1 aliphatic carbocycles. The van der Waals surface area contributed by atoms with Crippen molar-refractivity contribution in [3.05, 3.63) is 36.1 Å². The monoisotopic (exact) mass is 262 g/mol. The predicted molar refractivity (Wildman–Crippen MR) is 69.3 cm³/mol. The molecular formula is C15H18O4. The van der Waals surface area contributed by atoms with Gasteiger partial charge >= 0.3 is 0 Å². The Hall–Kier alpha value is -1.39. The molecule has 102 valence electrons. The summed E-state index contributed by atoms with van der Waals surface area (Å²) in [5.74, 6) is 0.587. The van der Waals surface area contributed by atoms with E-state index in [-0.39, 0.29) is 24.3 Å². The van der Waals surface area contributed by atoms with E-state index in [0.717, 1.165) is 0 Å². The van der Waals surface area contributed by atoms with Crippen LogP contribution >= 0.6 is 0 Å². The number of allylic oxidation sites excluding steroid dienone is 3. The largest absolute Gasteiger partial charge is 0.468 e. The summed E-state index contributed by atoms with van der Waals surface area (Å²) in [7, 11) is 0. The van der Waals surface area contributed by atoms with E-state index in [1.165, 1.54) is 0 Å². The third-order valence-corrected chi connectivity index (χ3v) is 3.95.